The molecule has 0 spiro atoms. The van der Waals surface area contributed by atoms with Gasteiger partial charge in [0.15, 0.2) is 17.3 Å². The Labute approximate surface area is 210 Å². The number of methoxy groups -OCH3 is 1. The first kappa shape index (κ1) is 25.3. The van der Waals surface area contributed by atoms with Gasteiger partial charge in [-0.1, -0.05) is 36.4 Å². The topological polar surface area (TPSA) is 112 Å². The number of aromatic hydroxyl groups is 2. The molecule has 0 saturated carbocycles. The van der Waals surface area contributed by atoms with Crippen LogP contribution in [0.25, 0.3) is 0 Å². The van der Waals surface area contributed by atoms with Gasteiger partial charge in [0.1, 0.15) is 5.76 Å². The highest BCUT2D eigenvalue weighted by Gasteiger charge is 2.28. The first-order chi connectivity index (χ1) is 17.3. The Morgan fingerprint density at radius 1 is 1.14 bits per heavy atom. The zero-order chi connectivity index (χ0) is 25.7. The van der Waals surface area contributed by atoms with Gasteiger partial charge in [-0.05, 0) is 43.0 Å². The molecule has 3 aromatic rings. The van der Waals surface area contributed by atoms with E-state index in [2.05, 4.69) is 22.3 Å². The fraction of sp³-hybridized carbons (Fsp3) is 0.357. The van der Waals surface area contributed by atoms with Gasteiger partial charge in [0.25, 0.3) is 0 Å². The second-order valence-corrected chi connectivity index (χ2v) is 9.23. The molecule has 3 N–H and O–H groups in total. The molecular formula is C28H32N2O6. The summed E-state index contributed by atoms with van der Waals surface area (Å²) >= 11 is 0. The van der Waals surface area contributed by atoms with Crippen LogP contribution in [0.15, 0.2) is 63.8 Å². The quantitative estimate of drug-likeness (QED) is 0.440. The highest BCUT2D eigenvalue weighted by molar-refractivity contribution is 5.78. The Morgan fingerprint density at radius 3 is 2.56 bits per heavy atom. The number of amides is 1. The molecular weight excluding hydrogens is 460 g/mol. The number of nitrogens with zero attached hydrogens (tertiary/aromatic N) is 1. The summed E-state index contributed by atoms with van der Waals surface area (Å²) in [4.78, 5) is 27.8. The lowest BCUT2D eigenvalue weighted by Crippen LogP contribution is -2.44. The summed E-state index contributed by atoms with van der Waals surface area (Å²) in [6, 6.07) is 16.2. The fourth-order valence-corrected chi connectivity index (χ4v) is 4.68. The molecule has 8 nitrogen and oxygen atoms in total. The lowest BCUT2D eigenvalue weighted by molar-refractivity contribution is -0.122. The average molecular weight is 493 g/mol. The van der Waals surface area contributed by atoms with E-state index < -0.39 is 17.1 Å². The lowest BCUT2D eigenvalue weighted by Gasteiger charge is -2.32. The van der Waals surface area contributed by atoms with Crippen molar-refractivity contribution in [2.45, 2.75) is 44.7 Å². The Hall–Kier alpha value is -3.78. The second kappa shape index (κ2) is 11.3. The maximum absolute atomic E-state index is 13.1. The van der Waals surface area contributed by atoms with Gasteiger partial charge in [-0.25, -0.2) is 0 Å². The summed E-state index contributed by atoms with van der Waals surface area (Å²) in [6.45, 7) is 4.26. The van der Waals surface area contributed by atoms with Gasteiger partial charge < -0.3 is 24.7 Å². The summed E-state index contributed by atoms with van der Waals surface area (Å²) in [5.41, 5.74) is 1.27. The summed E-state index contributed by atoms with van der Waals surface area (Å²) in [5.74, 6) is -0.975. The molecule has 0 bridgehead atoms. The van der Waals surface area contributed by atoms with E-state index >= 15 is 0 Å². The van der Waals surface area contributed by atoms with E-state index in [1.165, 1.54) is 24.8 Å². The molecule has 2 aromatic carbocycles. The smallest absolute Gasteiger partial charge is 0.227 e. The molecule has 0 aliphatic carbocycles. The molecule has 0 radical (unpaired) electrons. The second-order valence-electron chi connectivity index (χ2n) is 9.23. The minimum absolute atomic E-state index is 0.0144. The minimum atomic E-state index is -0.745. The molecule has 0 unspecified atom stereocenters. The van der Waals surface area contributed by atoms with Crippen molar-refractivity contribution in [3.63, 3.8) is 0 Å². The van der Waals surface area contributed by atoms with Gasteiger partial charge in [0, 0.05) is 38.2 Å². The van der Waals surface area contributed by atoms with Crippen molar-refractivity contribution in [1.82, 2.24) is 10.2 Å². The van der Waals surface area contributed by atoms with E-state index in [4.69, 9.17) is 9.15 Å². The summed E-state index contributed by atoms with van der Waals surface area (Å²) in [6.07, 6.45) is 1.63. The molecule has 1 aliphatic rings. The number of likely N-dealkylation sites (tertiary alicyclic amines) is 1. The summed E-state index contributed by atoms with van der Waals surface area (Å²) in [5, 5.41) is 23.6. The highest BCUT2D eigenvalue weighted by Crippen LogP contribution is 2.37. The summed E-state index contributed by atoms with van der Waals surface area (Å²) in [7, 11) is 1.43. The first-order valence-corrected chi connectivity index (χ1v) is 12.1. The molecule has 1 atom stereocenters. The van der Waals surface area contributed by atoms with Crippen LogP contribution >= 0.6 is 0 Å². The monoisotopic (exact) mass is 492 g/mol. The fourth-order valence-electron chi connectivity index (χ4n) is 4.68. The molecule has 1 saturated heterocycles. The number of benzene rings is 2. The number of hydrogen-bond donors (Lipinski definition) is 3. The van der Waals surface area contributed by atoms with Crippen LogP contribution in [-0.2, 0) is 11.3 Å². The van der Waals surface area contributed by atoms with Gasteiger partial charge in [0.05, 0.1) is 13.0 Å². The standard InChI is InChI=1S/C28H32N2O6/c1-18-14-24(32)27(34)28(36-18)22(20-8-9-23(31)25(15-20)35-2)16-26(33)29-21-10-12-30(13-11-21)17-19-6-4-3-5-7-19/h3-9,14-15,21-22,31,34H,10-13,16-17H2,1-2H3,(H,29,33)/t22-/m1/s1. The van der Waals surface area contributed by atoms with Crippen molar-refractivity contribution < 1.29 is 24.2 Å². The van der Waals surface area contributed by atoms with E-state index in [1.807, 2.05) is 18.2 Å². The van der Waals surface area contributed by atoms with E-state index in [0.29, 0.717) is 11.3 Å². The van der Waals surface area contributed by atoms with Crippen LogP contribution in [0.1, 0.15) is 47.8 Å². The van der Waals surface area contributed by atoms with Gasteiger partial charge >= 0.3 is 0 Å². The SMILES string of the molecule is COc1cc([C@@H](CC(=O)NC2CCN(Cc3ccccc3)CC2)c2oc(C)cc(=O)c2O)ccc1O. The summed E-state index contributed by atoms with van der Waals surface area (Å²) < 4.78 is 10.9. The van der Waals surface area contributed by atoms with Crippen molar-refractivity contribution in [1.29, 1.82) is 0 Å². The number of ether oxygens (including phenoxy) is 1. The van der Waals surface area contributed by atoms with Crippen molar-refractivity contribution in [3.8, 4) is 17.2 Å². The molecule has 1 aliphatic heterocycles. The Morgan fingerprint density at radius 2 is 1.86 bits per heavy atom. The maximum atomic E-state index is 13.1. The van der Waals surface area contributed by atoms with Crippen LogP contribution in [0, 0.1) is 6.92 Å². The third-order valence-electron chi connectivity index (χ3n) is 6.59. The molecule has 1 aromatic heterocycles. The predicted molar refractivity (Wildman–Crippen MR) is 135 cm³/mol. The third kappa shape index (κ3) is 6.07. The average Bonchev–Trinajstić information content (AvgIpc) is 2.87. The van der Waals surface area contributed by atoms with E-state index in [0.717, 1.165) is 32.5 Å². The Bertz CT molecular complexity index is 1250. The lowest BCUT2D eigenvalue weighted by atomic mass is 9.91. The molecule has 2 heterocycles. The molecule has 4 rings (SSSR count). The van der Waals surface area contributed by atoms with Crippen LogP contribution in [0.3, 0.4) is 0 Å². The zero-order valence-corrected chi connectivity index (χ0v) is 20.6. The van der Waals surface area contributed by atoms with Crippen LogP contribution in [-0.4, -0.2) is 47.3 Å². The molecule has 8 heteroatoms. The van der Waals surface area contributed by atoms with Crippen molar-refractivity contribution >= 4 is 5.91 Å². The van der Waals surface area contributed by atoms with Crippen LogP contribution in [0.2, 0.25) is 0 Å². The number of phenols is 1. The minimum Gasteiger partial charge on any atom is -0.504 e. The number of rotatable bonds is 8. The van der Waals surface area contributed by atoms with Crippen LogP contribution in [0.4, 0.5) is 0 Å². The van der Waals surface area contributed by atoms with Gasteiger partial charge in [0.2, 0.25) is 17.1 Å². The Kier molecular flexibility index (Phi) is 7.95. The predicted octanol–water partition coefficient (Wildman–Crippen LogP) is 3.67. The number of phenolic OH excluding ortho intramolecular Hbond substituents is 1. The molecule has 1 fully saturated rings. The molecule has 36 heavy (non-hydrogen) atoms. The van der Waals surface area contributed by atoms with E-state index in [9.17, 15) is 19.8 Å². The van der Waals surface area contributed by atoms with Crippen molar-refractivity contribution in [2.75, 3.05) is 20.2 Å². The number of carbonyl (C=O) groups is 1. The number of aryl methyl sites for hydroxylation is 1. The normalized spacial score (nSPS) is 15.4. The number of hydrogen-bond acceptors (Lipinski definition) is 7. The van der Waals surface area contributed by atoms with Gasteiger partial charge in [-0.15, -0.1) is 0 Å². The van der Waals surface area contributed by atoms with E-state index in [-0.39, 0.29) is 35.6 Å². The zero-order valence-electron chi connectivity index (χ0n) is 20.6. The largest absolute Gasteiger partial charge is 0.504 e. The first-order valence-electron chi connectivity index (χ1n) is 12.1. The number of nitrogens with one attached hydrogen (secondary N) is 1. The maximum Gasteiger partial charge on any atom is 0.227 e. The molecule has 1 amide bonds. The highest BCUT2D eigenvalue weighted by atomic mass is 16.5. The van der Waals surface area contributed by atoms with Gasteiger partial charge in [-0.2, -0.15) is 0 Å². The van der Waals surface area contributed by atoms with Crippen LogP contribution in [0.5, 0.6) is 17.2 Å². The number of piperidine rings is 1. The van der Waals surface area contributed by atoms with Crippen LogP contribution < -0.4 is 15.5 Å². The van der Waals surface area contributed by atoms with Gasteiger partial charge in [-0.3, -0.25) is 14.5 Å². The number of carbonyl (C=O) groups excluding carboxylic acids is 1. The third-order valence-corrected chi connectivity index (χ3v) is 6.59. The van der Waals surface area contributed by atoms with Crippen molar-refractivity contribution in [3.05, 3.63) is 87.5 Å². The molecule has 190 valence electrons. The van der Waals surface area contributed by atoms with Crippen molar-refractivity contribution in [2.24, 2.45) is 0 Å². The van der Waals surface area contributed by atoms with E-state index in [1.54, 1.807) is 19.1 Å². The Balaban J connectivity index is 1.47.